The molecule has 1 amide bonds. The Morgan fingerprint density at radius 2 is 1.74 bits per heavy atom. The van der Waals surface area contributed by atoms with E-state index in [2.05, 4.69) is 48.4 Å². The zero-order valence-electron chi connectivity index (χ0n) is 15.7. The maximum Gasteiger partial charge on any atom is 0.276 e. The molecule has 0 atom stereocenters. The Labute approximate surface area is 163 Å². The van der Waals surface area contributed by atoms with E-state index >= 15 is 0 Å². The van der Waals surface area contributed by atoms with Gasteiger partial charge >= 0.3 is 0 Å². The SMILES string of the molecule is CC(C)(C)c1ccc(-c2nnc(SCCC(=O)Nc3ccccc3)o2)cc1. The smallest absolute Gasteiger partial charge is 0.276 e. The van der Waals surface area contributed by atoms with Crippen LogP contribution in [0.2, 0.25) is 0 Å². The molecule has 0 radical (unpaired) electrons. The van der Waals surface area contributed by atoms with Gasteiger partial charge in [-0.3, -0.25) is 4.79 Å². The molecule has 3 rings (SSSR count). The van der Waals surface area contributed by atoms with Crippen molar-refractivity contribution in [2.45, 2.75) is 37.8 Å². The van der Waals surface area contributed by atoms with Gasteiger partial charge < -0.3 is 9.73 Å². The molecule has 0 saturated carbocycles. The summed E-state index contributed by atoms with van der Waals surface area (Å²) in [7, 11) is 0. The standard InChI is InChI=1S/C21H23N3O2S/c1-21(2,3)16-11-9-15(10-12-16)19-23-24-20(26-19)27-14-13-18(25)22-17-7-5-4-6-8-17/h4-12H,13-14H2,1-3H3,(H,22,25). The van der Waals surface area contributed by atoms with Gasteiger partial charge in [0.2, 0.25) is 11.8 Å². The van der Waals surface area contributed by atoms with E-state index in [9.17, 15) is 4.79 Å². The summed E-state index contributed by atoms with van der Waals surface area (Å²) in [6.45, 7) is 6.53. The normalized spacial score (nSPS) is 11.4. The number of carbonyl (C=O) groups excluding carboxylic acids is 1. The average Bonchev–Trinajstić information content (AvgIpc) is 3.11. The lowest BCUT2D eigenvalue weighted by molar-refractivity contribution is -0.115. The van der Waals surface area contributed by atoms with Crippen LogP contribution in [0, 0.1) is 0 Å². The third-order valence-corrected chi connectivity index (χ3v) is 4.84. The maximum absolute atomic E-state index is 12.0. The predicted molar refractivity (Wildman–Crippen MR) is 109 cm³/mol. The topological polar surface area (TPSA) is 68.0 Å². The second-order valence-corrected chi connectivity index (χ2v) is 8.26. The van der Waals surface area contributed by atoms with E-state index in [-0.39, 0.29) is 11.3 Å². The fourth-order valence-corrected chi connectivity index (χ4v) is 3.17. The molecular formula is C21H23N3O2S. The lowest BCUT2D eigenvalue weighted by Gasteiger charge is -2.18. The molecule has 1 aromatic heterocycles. The number of thioether (sulfide) groups is 1. The van der Waals surface area contributed by atoms with E-state index in [1.54, 1.807) is 0 Å². The van der Waals surface area contributed by atoms with Gasteiger partial charge in [0.05, 0.1) is 0 Å². The fourth-order valence-electron chi connectivity index (χ4n) is 2.47. The number of para-hydroxylation sites is 1. The van der Waals surface area contributed by atoms with Crippen molar-refractivity contribution in [1.82, 2.24) is 10.2 Å². The summed E-state index contributed by atoms with van der Waals surface area (Å²) >= 11 is 1.38. The van der Waals surface area contributed by atoms with Crippen molar-refractivity contribution in [3.63, 3.8) is 0 Å². The molecule has 140 valence electrons. The fraction of sp³-hybridized carbons (Fsp3) is 0.286. The number of nitrogens with one attached hydrogen (secondary N) is 1. The predicted octanol–water partition coefficient (Wildman–Crippen LogP) is 5.16. The molecule has 1 heterocycles. The summed E-state index contributed by atoms with van der Waals surface area (Å²) in [5.74, 6) is 1.03. The monoisotopic (exact) mass is 381 g/mol. The second kappa shape index (κ2) is 8.39. The van der Waals surface area contributed by atoms with E-state index in [0.29, 0.717) is 23.3 Å². The Kier molecular flexibility index (Phi) is 5.96. The van der Waals surface area contributed by atoms with Gasteiger partial charge in [-0.25, -0.2) is 0 Å². The van der Waals surface area contributed by atoms with Crippen LogP contribution in [-0.2, 0) is 10.2 Å². The Balaban J connectivity index is 1.51. The van der Waals surface area contributed by atoms with E-state index < -0.39 is 0 Å². The zero-order valence-corrected chi connectivity index (χ0v) is 16.5. The number of benzene rings is 2. The number of aromatic nitrogens is 2. The summed E-state index contributed by atoms with van der Waals surface area (Å²) in [5.41, 5.74) is 3.05. The number of hydrogen-bond donors (Lipinski definition) is 1. The van der Waals surface area contributed by atoms with Gasteiger partial charge in [-0.2, -0.15) is 0 Å². The van der Waals surface area contributed by atoms with Gasteiger partial charge in [-0.15, -0.1) is 10.2 Å². The van der Waals surface area contributed by atoms with Crippen LogP contribution in [0.15, 0.2) is 64.2 Å². The number of carbonyl (C=O) groups is 1. The molecule has 3 aromatic rings. The Hall–Kier alpha value is -2.60. The first-order valence-electron chi connectivity index (χ1n) is 8.84. The average molecular weight is 382 g/mol. The van der Waals surface area contributed by atoms with Crippen LogP contribution in [-0.4, -0.2) is 21.9 Å². The number of hydrogen-bond acceptors (Lipinski definition) is 5. The third-order valence-electron chi connectivity index (χ3n) is 4.02. The molecule has 0 aliphatic rings. The number of rotatable bonds is 6. The molecule has 0 aliphatic carbocycles. The van der Waals surface area contributed by atoms with Crippen molar-refractivity contribution in [2.24, 2.45) is 0 Å². The summed E-state index contributed by atoms with van der Waals surface area (Å²) in [6.07, 6.45) is 0.373. The first-order valence-corrected chi connectivity index (χ1v) is 9.82. The number of nitrogens with zero attached hydrogens (tertiary/aromatic N) is 2. The van der Waals surface area contributed by atoms with Crippen LogP contribution in [0.25, 0.3) is 11.5 Å². The molecule has 0 saturated heterocycles. The van der Waals surface area contributed by atoms with Crippen LogP contribution in [0.3, 0.4) is 0 Å². The van der Waals surface area contributed by atoms with Crippen molar-refractivity contribution in [2.75, 3.05) is 11.1 Å². The minimum absolute atomic E-state index is 0.0359. The molecule has 2 aromatic carbocycles. The summed E-state index contributed by atoms with van der Waals surface area (Å²) < 4.78 is 5.70. The Morgan fingerprint density at radius 3 is 2.41 bits per heavy atom. The van der Waals surface area contributed by atoms with E-state index in [0.717, 1.165) is 11.3 Å². The van der Waals surface area contributed by atoms with E-state index in [1.807, 2.05) is 42.5 Å². The highest BCUT2D eigenvalue weighted by molar-refractivity contribution is 7.99. The van der Waals surface area contributed by atoms with Gasteiger partial charge in [0.1, 0.15) is 0 Å². The van der Waals surface area contributed by atoms with Crippen LogP contribution in [0.4, 0.5) is 5.69 Å². The Morgan fingerprint density at radius 1 is 1.04 bits per heavy atom. The lowest BCUT2D eigenvalue weighted by atomic mass is 9.87. The van der Waals surface area contributed by atoms with Gasteiger partial charge in [0.15, 0.2) is 0 Å². The van der Waals surface area contributed by atoms with E-state index in [1.165, 1.54) is 17.3 Å². The minimum atomic E-state index is -0.0359. The van der Waals surface area contributed by atoms with Crippen molar-refractivity contribution in [3.8, 4) is 11.5 Å². The second-order valence-electron chi connectivity index (χ2n) is 7.21. The van der Waals surface area contributed by atoms with Crippen molar-refractivity contribution < 1.29 is 9.21 Å². The van der Waals surface area contributed by atoms with Crippen molar-refractivity contribution in [1.29, 1.82) is 0 Å². The molecule has 0 spiro atoms. The highest BCUT2D eigenvalue weighted by Gasteiger charge is 2.15. The highest BCUT2D eigenvalue weighted by Crippen LogP contribution is 2.27. The minimum Gasteiger partial charge on any atom is -0.411 e. The third kappa shape index (κ3) is 5.44. The lowest BCUT2D eigenvalue weighted by Crippen LogP contribution is -2.11. The quantitative estimate of drug-likeness (QED) is 0.598. The summed E-state index contributed by atoms with van der Waals surface area (Å²) in [5, 5.41) is 11.5. The molecular weight excluding hydrogens is 358 g/mol. The Bertz CT molecular complexity index is 884. The first kappa shape index (κ1) is 19.2. The van der Waals surface area contributed by atoms with Gasteiger partial charge in [-0.05, 0) is 35.2 Å². The summed E-state index contributed by atoms with van der Waals surface area (Å²) in [4.78, 5) is 12.0. The highest BCUT2D eigenvalue weighted by atomic mass is 32.2. The molecule has 0 unspecified atom stereocenters. The molecule has 6 heteroatoms. The zero-order chi connectivity index (χ0) is 19.3. The largest absolute Gasteiger partial charge is 0.411 e. The van der Waals surface area contributed by atoms with Crippen molar-refractivity contribution >= 4 is 23.4 Å². The molecule has 5 nitrogen and oxygen atoms in total. The van der Waals surface area contributed by atoms with Gasteiger partial charge in [0, 0.05) is 23.4 Å². The first-order chi connectivity index (χ1) is 12.9. The van der Waals surface area contributed by atoms with Crippen LogP contribution < -0.4 is 5.32 Å². The van der Waals surface area contributed by atoms with Gasteiger partial charge in [0.25, 0.3) is 5.22 Å². The van der Waals surface area contributed by atoms with Crippen molar-refractivity contribution in [3.05, 3.63) is 60.2 Å². The molecule has 0 bridgehead atoms. The van der Waals surface area contributed by atoms with Crippen LogP contribution >= 0.6 is 11.8 Å². The van der Waals surface area contributed by atoms with E-state index in [4.69, 9.17) is 4.42 Å². The molecule has 0 aliphatic heterocycles. The molecule has 27 heavy (non-hydrogen) atoms. The molecule has 0 fully saturated rings. The maximum atomic E-state index is 12.0. The van der Waals surface area contributed by atoms with Gasteiger partial charge in [-0.1, -0.05) is 62.9 Å². The summed E-state index contributed by atoms with van der Waals surface area (Å²) in [6, 6.07) is 17.6. The van der Waals surface area contributed by atoms with Crippen LogP contribution in [0.5, 0.6) is 0 Å². The number of amides is 1. The number of anilines is 1. The van der Waals surface area contributed by atoms with Crippen LogP contribution in [0.1, 0.15) is 32.8 Å². The molecule has 1 N–H and O–H groups in total.